The summed E-state index contributed by atoms with van der Waals surface area (Å²) in [6.45, 7) is 11.5. The van der Waals surface area contributed by atoms with Crippen molar-refractivity contribution < 1.29 is 4.74 Å². The van der Waals surface area contributed by atoms with Crippen LogP contribution in [0.2, 0.25) is 0 Å². The number of hydrogen-bond donors (Lipinski definition) is 0. The van der Waals surface area contributed by atoms with Crippen LogP contribution < -0.4 is 4.90 Å². The van der Waals surface area contributed by atoms with Crippen LogP contribution in [0, 0.1) is 5.92 Å². The minimum Gasteiger partial charge on any atom is -0.378 e. The summed E-state index contributed by atoms with van der Waals surface area (Å²) in [5, 5.41) is 0. The second-order valence-corrected chi connectivity index (χ2v) is 9.51. The zero-order valence-electron chi connectivity index (χ0n) is 17.8. The van der Waals surface area contributed by atoms with Crippen LogP contribution in [0.4, 0.5) is 5.69 Å². The predicted octanol–water partition coefficient (Wildman–Crippen LogP) is 5.26. The lowest BCUT2D eigenvalue weighted by molar-refractivity contribution is 0.122. The molecule has 1 aliphatic heterocycles. The molecule has 1 aromatic carbocycles. The summed E-state index contributed by atoms with van der Waals surface area (Å²) < 4.78 is 7.96. The Morgan fingerprint density at radius 2 is 1.82 bits per heavy atom. The standard InChI is InChI=1S/C24H35N3O/c1-24(2,3)23-25-22(18-27(23)17-19-8-5-4-6-9-19)20-10-7-11-21(16-20)26-12-14-28-15-13-26/h7,10-11,16,18-19H,4-6,8-9,12-15,17H2,1-3H3. The zero-order chi connectivity index (χ0) is 19.6. The largest absolute Gasteiger partial charge is 0.378 e. The van der Waals surface area contributed by atoms with Crippen molar-refractivity contribution in [1.82, 2.24) is 9.55 Å². The predicted molar refractivity (Wildman–Crippen MR) is 116 cm³/mol. The van der Waals surface area contributed by atoms with Crippen molar-refractivity contribution >= 4 is 5.69 Å². The molecular formula is C24H35N3O. The smallest absolute Gasteiger partial charge is 0.114 e. The van der Waals surface area contributed by atoms with Crippen LogP contribution in [0.1, 0.15) is 58.7 Å². The molecule has 0 unspecified atom stereocenters. The fourth-order valence-corrected chi connectivity index (χ4v) is 4.62. The van der Waals surface area contributed by atoms with Crippen molar-refractivity contribution in [3.05, 3.63) is 36.3 Å². The summed E-state index contributed by atoms with van der Waals surface area (Å²) in [7, 11) is 0. The molecule has 4 rings (SSSR count). The number of benzene rings is 1. The van der Waals surface area contributed by atoms with Gasteiger partial charge in [-0.15, -0.1) is 0 Å². The van der Waals surface area contributed by atoms with E-state index in [1.807, 2.05) is 0 Å². The monoisotopic (exact) mass is 381 g/mol. The van der Waals surface area contributed by atoms with E-state index >= 15 is 0 Å². The Morgan fingerprint density at radius 1 is 1.07 bits per heavy atom. The maximum absolute atomic E-state index is 5.51. The van der Waals surface area contributed by atoms with Gasteiger partial charge < -0.3 is 14.2 Å². The first-order valence-electron chi connectivity index (χ1n) is 11.0. The van der Waals surface area contributed by atoms with Crippen molar-refractivity contribution in [2.45, 2.75) is 64.8 Å². The molecular weight excluding hydrogens is 346 g/mol. The first kappa shape index (κ1) is 19.5. The minimum atomic E-state index is 0.0503. The van der Waals surface area contributed by atoms with Crippen LogP contribution in [-0.4, -0.2) is 35.9 Å². The summed E-state index contributed by atoms with van der Waals surface area (Å²) in [6, 6.07) is 8.87. The fourth-order valence-electron chi connectivity index (χ4n) is 4.62. The fraction of sp³-hybridized carbons (Fsp3) is 0.625. The molecule has 1 saturated carbocycles. The highest BCUT2D eigenvalue weighted by Gasteiger charge is 2.24. The third-order valence-corrected chi connectivity index (χ3v) is 6.15. The minimum absolute atomic E-state index is 0.0503. The average molecular weight is 382 g/mol. The van der Waals surface area contributed by atoms with Crippen molar-refractivity contribution in [3.63, 3.8) is 0 Å². The average Bonchev–Trinajstić information content (AvgIpc) is 3.14. The summed E-state index contributed by atoms with van der Waals surface area (Å²) in [4.78, 5) is 7.54. The lowest BCUT2D eigenvalue weighted by Crippen LogP contribution is -2.36. The third kappa shape index (κ3) is 4.43. The quantitative estimate of drug-likeness (QED) is 0.723. The van der Waals surface area contributed by atoms with Gasteiger partial charge in [0.05, 0.1) is 18.9 Å². The maximum atomic E-state index is 5.51. The SMILES string of the molecule is CC(C)(C)c1nc(-c2cccc(N3CCOCC3)c2)cn1CC1CCCCC1. The lowest BCUT2D eigenvalue weighted by Gasteiger charge is -2.29. The van der Waals surface area contributed by atoms with Gasteiger partial charge in [0.1, 0.15) is 5.82 Å². The van der Waals surface area contributed by atoms with E-state index in [9.17, 15) is 0 Å². The van der Waals surface area contributed by atoms with Crippen LogP contribution >= 0.6 is 0 Å². The topological polar surface area (TPSA) is 30.3 Å². The molecule has 2 aliphatic rings. The molecule has 4 heteroatoms. The van der Waals surface area contributed by atoms with E-state index in [1.165, 1.54) is 49.2 Å². The molecule has 1 aromatic heterocycles. The first-order valence-corrected chi connectivity index (χ1v) is 11.0. The van der Waals surface area contributed by atoms with Crippen LogP contribution in [0.15, 0.2) is 30.5 Å². The molecule has 2 aromatic rings. The molecule has 28 heavy (non-hydrogen) atoms. The number of nitrogens with zero attached hydrogens (tertiary/aromatic N) is 3. The molecule has 0 radical (unpaired) electrons. The summed E-state index contributed by atoms with van der Waals surface area (Å²) >= 11 is 0. The molecule has 2 heterocycles. The van der Waals surface area contributed by atoms with Crippen molar-refractivity contribution in [3.8, 4) is 11.3 Å². The number of aromatic nitrogens is 2. The molecule has 0 amide bonds. The Kier molecular flexibility index (Phi) is 5.77. The Labute approximate surface area is 169 Å². The van der Waals surface area contributed by atoms with Gasteiger partial charge in [0.25, 0.3) is 0 Å². The molecule has 4 nitrogen and oxygen atoms in total. The van der Waals surface area contributed by atoms with Gasteiger partial charge in [0.15, 0.2) is 0 Å². The summed E-state index contributed by atoms with van der Waals surface area (Å²) in [5.74, 6) is 2.02. The van der Waals surface area contributed by atoms with Gasteiger partial charge in [-0.05, 0) is 30.9 Å². The number of morpholine rings is 1. The van der Waals surface area contributed by atoms with Gasteiger partial charge in [-0.2, -0.15) is 0 Å². The van der Waals surface area contributed by atoms with Crippen LogP contribution in [0.5, 0.6) is 0 Å². The van der Waals surface area contributed by atoms with Gasteiger partial charge in [0.2, 0.25) is 0 Å². The Hall–Kier alpha value is -1.81. The van der Waals surface area contributed by atoms with Crippen molar-refractivity contribution in [2.24, 2.45) is 5.92 Å². The Bertz CT molecular complexity index is 777. The first-order chi connectivity index (χ1) is 13.5. The Balaban J connectivity index is 1.62. The van der Waals surface area contributed by atoms with Crippen molar-refractivity contribution in [2.75, 3.05) is 31.2 Å². The molecule has 1 aliphatic carbocycles. The van der Waals surface area contributed by atoms with Gasteiger partial charge in [0, 0.05) is 42.5 Å². The van der Waals surface area contributed by atoms with Crippen molar-refractivity contribution in [1.29, 1.82) is 0 Å². The molecule has 0 atom stereocenters. The van der Waals surface area contributed by atoms with E-state index in [-0.39, 0.29) is 5.41 Å². The van der Waals surface area contributed by atoms with Gasteiger partial charge in [-0.25, -0.2) is 4.98 Å². The number of anilines is 1. The van der Waals surface area contributed by atoms with Gasteiger partial charge >= 0.3 is 0 Å². The summed E-state index contributed by atoms with van der Waals surface area (Å²) in [5.41, 5.74) is 3.65. The van der Waals surface area contributed by atoms with E-state index < -0.39 is 0 Å². The highest BCUT2D eigenvalue weighted by Crippen LogP contribution is 2.31. The number of hydrogen-bond acceptors (Lipinski definition) is 3. The number of rotatable bonds is 4. The van der Waals surface area contributed by atoms with Crippen LogP contribution in [0.3, 0.4) is 0 Å². The second kappa shape index (κ2) is 8.28. The molecule has 152 valence electrons. The maximum Gasteiger partial charge on any atom is 0.114 e. The molecule has 0 N–H and O–H groups in total. The number of imidazole rings is 1. The molecule has 0 bridgehead atoms. The van der Waals surface area contributed by atoms with E-state index in [4.69, 9.17) is 9.72 Å². The van der Waals surface area contributed by atoms with Crippen LogP contribution in [-0.2, 0) is 16.7 Å². The third-order valence-electron chi connectivity index (χ3n) is 6.15. The summed E-state index contributed by atoms with van der Waals surface area (Å²) in [6.07, 6.45) is 9.21. The van der Waals surface area contributed by atoms with E-state index in [0.29, 0.717) is 0 Å². The second-order valence-electron chi connectivity index (χ2n) is 9.51. The van der Waals surface area contributed by atoms with Gasteiger partial charge in [-0.3, -0.25) is 0 Å². The molecule has 1 saturated heterocycles. The van der Waals surface area contributed by atoms with E-state index in [1.54, 1.807) is 0 Å². The van der Waals surface area contributed by atoms with Gasteiger partial charge in [-0.1, -0.05) is 52.2 Å². The highest BCUT2D eigenvalue weighted by molar-refractivity contribution is 5.65. The number of ether oxygens (including phenoxy) is 1. The van der Waals surface area contributed by atoms with E-state index in [2.05, 4.69) is 60.7 Å². The highest BCUT2D eigenvalue weighted by atomic mass is 16.5. The molecule has 0 spiro atoms. The van der Waals surface area contributed by atoms with E-state index in [0.717, 1.165) is 44.5 Å². The normalized spacial score (nSPS) is 19.2. The Morgan fingerprint density at radius 3 is 2.54 bits per heavy atom. The van der Waals surface area contributed by atoms with Crippen LogP contribution in [0.25, 0.3) is 11.3 Å². The molecule has 2 fully saturated rings. The lowest BCUT2D eigenvalue weighted by atomic mass is 9.88. The zero-order valence-corrected chi connectivity index (χ0v) is 17.8.